The van der Waals surface area contributed by atoms with Gasteiger partial charge in [-0.3, -0.25) is 0 Å². The highest BCUT2D eigenvalue weighted by Gasteiger charge is 1.91. The summed E-state index contributed by atoms with van der Waals surface area (Å²) in [5.74, 6) is 0. The van der Waals surface area contributed by atoms with Gasteiger partial charge >= 0.3 is 0 Å². The van der Waals surface area contributed by atoms with Crippen LogP contribution in [0, 0.1) is 6.92 Å². The van der Waals surface area contributed by atoms with Crippen molar-refractivity contribution in [2.45, 2.75) is 20.8 Å². The lowest BCUT2D eigenvalue weighted by molar-refractivity contribution is 1.50. The van der Waals surface area contributed by atoms with Crippen molar-refractivity contribution < 1.29 is 0 Å². The van der Waals surface area contributed by atoms with Crippen LogP contribution in [0.15, 0.2) is 29.0 Å². The van der Waals surface area contributed by atoms with Crippen LogP contribution in [0.3, 0.4) is 0 Å². The maximum Gasteiger partial charge on any atom is -0.00144 e. The van der Waals surface area contributed by atoms with Crippen molar-refractivity contribution in [3.8, 4) is 0 Å². The first kappa shape index (κ1) is 9.27. The van der Waals surface area contributed by atoms with Gasteiger partial charge < -0.3 is 0 Å². The Morgan fingerprint density at radius 3 is 2.42 bits per heavy atom. The van der Waals surface area contributed by atoms with Crippen molar-refractivity contribution in [1.29, 1.82) is 0 Å². The summed E-state index contributed by atoms with van der Waals surface area (Å²) < 4.78 is 0. The molecule has 0 unspecified atom stereocenters. The van der Waals surface area contributed by atoms with Crippen LogP contribution in [0.2, 0.25) is 0 Å². The third-order valence-corrected chi connectivity index (χ3v) is 2.41. The molecule has 0 N–H and O–H groups in total. The van der Waals surface area contributed by atoms with Gasteiger partial charge in [0.2, 0.25) is 0 Å². The molecule has 0 atom stereocenters. The lowest BCUT2D eigenvalue weighted by Gasteiger charge is -1.90. The molecule has 0 saturated heterocycles. The van der Waals surface area contributed by atoms with E-state index in [9.17, 15) is 0 Å². The van der Waals surface area contributed by atoms with Gasteiger partial charge in [0.25, 0.3) is 0 Å². The standard InChI is InChI=1S/C9H8S.C2H6/c1-7-2-3-8-5-10-6-9(8)4-7;1-2/h2-6H,1H3;1-2H3. The van der Waals surface area contributed by atoms with Gasteiger partial charge in [-0.2, -0.15) is 11.3 Å². The Labute approximate surface area is 77.9 Å². The minimum absolute atomic E-state index is 1.34. The van der Waals surface area contributed by atoms with Gasteiger partial charge in [-0.15, -0.1) is 0 Å². The Morgan fingerprint density at radius 2 is 1.67 bits per heavy atom. The molecule has 0 aliphatic rings. The fourth-order valence-electron chi connectivity index (χ4n) is 1.08. The van der Waals surface area contributed by atoms with Crippen LogP contribution in [-0.4, -0.2) is 0 Å². The van der Waals surface area contributed by atoms with Crippen LogP contribution in [0.1, 0.15) is 19.4 Å². The van der Waals surface area contributed by atoms with Crippen molar-refractivity contribution >= 4 is 22.1 Å². The van der Waals surface area contributed by atoms with E-state index in [0.29, 0.717) is 0 Å². The molecule has 0 bridgehead atoms. The van der Waals surface area contributed by atoms with E-state index in [1.807, 2.05) is 13.8 Å². The SMILES string of the molecule is CC.Cc1ccc2cscc2c1. The van der Waals surface area contributed by atoms with Crippen LogP contribution < -0.4 is 0 Å². The smallest absolute Gasteiger partial charge is 0.00144 e. The molecule has 0 aliphatic heterocycles. The number of thiophene rings is 1. The molecule has 0 amide bonds. The number of aryl methyl sites for hydroxylation is 1. The summed E-state index contributed by atoms with van der Waals surface area (Å²) in [7, 11) is 0. The van der Waals surface area contributed by atoms with Gasteiger partial charge in [0, 0.05) is 0 Å². The fraction of sp³-hybridized carbons (Fsp3) is 0.273. The second kappa shape index (κ2) is 4.27. The van der Waals surface area contributed by atoms with Gasteiger partial charge in [-0.05, 0) is 28.5 Å². The van der Waals surface area contributed by atoms with Gasteiger partial charge in [0.05, 0.1) is 0 Å². The summed E-state index contributed by atoms with van der Waals surface area (Å²) in [5.41, 5.74) is 1.34. The van der Waals surface area contributed by atoms with Gasteiger partial charge in [-0.1, -0.05) is 37.6 Å². The molecule has 1 aromatic heterocycles. The molecule has 0 aliphatic carbocycles. The lowest BCUT2D eigenvalue weighted by Crippen LogP contribution is -1.67. The minimum Gasteiger partial charge on any atom is -0.151 e. The Morgan fingerprint density at radius 1 is 1.00 bits per heavy atom. The zero-order chi connectivity index (χ0) is 8.97. The molecule has 12 heavy (non-hydrogen) atoms. The number of fused-ring (bicyclic) bond motifs is 1. The molecule has 0 saturated carbocycles. The highest BCUT2D eigenvalue weighted by atomic mass is 32.1. The maximum atomic E-state index is 2.21. The van der Waals surface area contributed by atoms with Crippen molar-refractivity contribution in [1.82, 2.24) is 0 Å². The van der Waals surface area contributed by atoms with E-state index in [0.717, 1.165) is 0 Å². The Hall–Kier alpha value is -0.820. The predicted octanol–water partition coefficient (Wildman–Crippen LogP) is 4.24. The van der Waals surface area contributed by atoms with Crippen molar-refractivity contribution in [3.05, 3.63) is 34.5 Å². The van der Waals surface area contributed by atoms with Gasteiger partial charge in [-0.25, -0.2) is 0 Å². The van der Waals surface area contributed by atoms with E-state index in [-0.39, 0.29) is 0 Å². The molecule has 0 fully saturated rings. The summed E-state index contributed by atoms with van der Waals surface area (Å²) in [6, 6.07) is 6.53. The molecular weight excluding hydrogens is 164 g/mol. The molecule has 2 aromatic rings. The minimum atomic E-state index is 1.34. The van der Waals surface area contributed by atoms with Crippen LogP contribution in [0.4, 0.5) is 0 Å². The van der Waals surface area contributed by atoms with Crippen molar-refractivity contribution in [2.75, 3.05) is 0 Å². The molecule has 1 heterocycles. The third kappa shape index (κ3) is 1.86. The lowest BCUT2D eigenvalue weighted by atomic mass is 10.1. The quantitative estimate of drug-likeness (QED) is 0.566. The normalized spacial score (nSPS) is 9.25. The number of rotatable bonds is 0. The average Bonchev–Trinajstić information content (AvgIpc) is 2.54. The van der Waals surface area contributed by atoms with E-state index in [4.69, 9.17) is 0 Å². The van der Waals surface area contributed by atoms with Crippen LogP contribution in [0.5, 0.6) is 0 Å². The Balaban J connectivity index is 0.000000336. The van der Waals surface area contributed by atoms with Gasteiger partial charge in [0.1, 0.15) is 0 Å². The molecule has 1 aromatic carbocycles. The Kier molecular flexibility index (Phi) is 3.30. The summed E-state index contributed by atoms with van der Waals surface area (Å²) >= 11 is 1.76. The number of hydrogen-bond donors (Lipinski definition) is 0. The Bertz CT molecular complexity index is 347. The molecule has 2 rings (SSSR count). The second-order valence-corrected chi connectivity index (χ2v) is 3.25. The summed E-state index contributed by atoms with van der Waals surface area (Å²) in [4.78, 5) is 0. The average molecular weight is 178 g/mol. The predicted molar refractivity (Wildman–Crippen MR) is 57.9 cm³/mol. The van der Waals surface area contributed by atoms with Crippen LogP contribution in [-0.2, 0) is 0 Å². The van der Waals surface area contributed by atoms with E-state index >= 15 is 0 Å². The topological polar surface area (TPSA) is 0 Å². The number of benzene rings is 1. The molecule has 0 spiro atoms. The molecule has 0 radical (unpaired) electrons. The van der Waals surface area contributed by atoms with Crippen LogP contribution >= 0.6 is 11.3 Å². The van der Waals surface area contributed by atoms with E-state index in [2.05, 4.69) is 35.9 Å². The monoisotopic (exact) mass is 178 g/mol. The zero-order valence-electron chi connectivity index (χ0n) is 7.79. The van der Waals surface area contributed by atoms with E-state index in [1.165, 1.54) is 16.3 Å². The highest BCUT2D eigenvalue weighted by molar-refractivity contribution is 7.09. The summed E-state index contributed by atoms with van der Waals surface area (Å²) in [5, 5.41) is 7.08. The van der Waals surface area contributed by atoms with Crippen molar-refractivity contribution in [2.24, 2.45) is 0 Å². The van der Waals surface area contributed by atoms with E-state index < -0.39 is 0 Å². The molecule has 1 heteroatoms. The van der Waals surface area contributed by atoms with E-state index in [1.54, 1.807) is 11.3 Å². The van der Waals surface area contributed by atoms with Gasteiger partial charge in [0.15, 0.2) is 0 Å². The summed E-state index contributed by atoms with van der Waals surface area (Å²) in [6.07, 6.45) is 0. The number of hydrogen-bond acceptors (Lipinski definition) is 1. The largest absolute Gasteiger partial charge is 0.151 e. The third-order valence-electron chi connectivity index (χ3n) is 1.63. The second-order valence-electron chi connectivity index (χ2n) is 2.50. The van der Waals surface area contributed by atoms with Crippen molar-refractivity contribution in [3.63, 3.8) is 0 Å². The first-order chi connectivity index (χ1) is 5.86. The summed E-state index contributed by atoms with van der Waals surface area (Å²) in [6.45, 7) is 6.12. The fourth-order valence-corrected chi connectivity index (χ4v) is 1.86. The molecule has 64 valence electrons. The first-order valence-corrected chi connectivity index (χ1v) is 5.23. The zero-order valence-corrected chi connectivity index (χ0v) is 8.61. The first-order valence-electron chi connectivity index (χ1n) is 4.29. The highest BCUT2D eigenvalue weighted by Crippen LogP contribution is 2.19. The molecular formula is C11H14S. The van der Waals surface area contributed by atoms with Crippen LogP contribution in [0.25, 0.3) is 10.8 Å². The maximum absolute atomic E-state index is 2.21. The molecule has 0 nitrogen and oxygen atoms in total.